The fourth-order valence-electron chi connectivity index (χ4n) is 3.36. The highest BCUT2D eigenvalue weighted by Gasteiger charge is 2.33. The van der Waals surface area contributed by atoms with Gasteiger partial charge in [-0.3, -0.25) is 4.79 Å². The molecule has 0 radical (unpaired) electrons. The van der Waals surface area contributed by atoms with Crippen LogP contribution in [0.5, 0.6) is 11.5 Å². The Hall–Kier alpha value is -2.58. The van der Waals surface area contributed by atoms with Gasteiger partial charge in [-0.15, -0.1) is 0 Å². The number of nitrogens with zero attached hydrogens (tertiary/aromatic N) is 1. The molecule has 156 valence electrons. The van der Waals surface area contributed by atoms with Crippen molar-refractivity contribution in [1.29, 1.82) is 0 Å². The van der Waals surface area contributed by atoms with Gasteiger partial charge in [0.15, 0.2) is 0 Å². The second-order valence-electron chi connectivity index (χ2n) is 7.11. The van der Waals surface area contributed by atoms with Gasteiger partial charge in [-0.05, 0) is 31.9 Å². The number of aryl methyl sites for hydroxylation is 1. The monoisotopic (exact) mass is 418 g/mol. The number of anilines is 1. The second kappa shape index (κ2) is 8.84. The number of amides is 1. The van der Waals surface area contributed by atoms with Crippen molar-refractivity contribution in [1.82, 2.24) is 4.31 Å². The molecule has 0 unspecified atom stereocenters. The van der Waals surface area contributed by atoms with Crippen molar-refractivity contribution in [3.05, 3.63) is 48.0 Å². The summed E-state index contributed by atoms with van der Waals surface area (Å²) in [6.45, 7) is 2.47. The lowest BCUT2D eigenvalue weighted by Crippen LogP contribution is -2.43. The predicted octanol–water partition coefficient (Wildman–Crippen LogP) is 3.05. The Kier molecular flexibility index (Phi) is 6.44. The zero-order chi connectivity index (χ0) is 21.0. The fraction of sp³-hybridized carbons (Fsp3) is 0.381. The van der Waals surface area contributed by atoms with Crippen LogP contribution in [-0.4, -0.2) is 45.9 Å². The van der Waals surface area contributed by atoms with Gasteiger partial charge < -0.3 is 14.8 Å². The summed E-state index contributed by atoms with van der Waals surface area (Å²) in [6.07, 6.45) is 1.26. The second-order valence-corrected chi connectivity index (χ2v) is 9.04. The van der Waals surface area contributed by atoms with E-state index in [1.54, 1.807) is 42.5 Å². The van der Waals surface area contributed by atoms with Crippen LogP contribution in [0, 0.1) is 12.8 Å². The summed E-state index contributed by atoms with van der Waals surface area (Å²) in [5.74, 6) is 0.476. The fourth-order valence-corrected chi connectivity index (χ4v) is 4.88. The molecule has 0 aliphatic carbocycles. The molecule has 2 aromatic rings. The van der Waals surface area contributed by atoms with Crippen molar-refractivity contribution in [2.45, 2.75) is 24.7 Å². The maximum absolute atomic E-state index is 13.0. The number of nitrogens with one attached hydrogen (secondary N) is 1. The van der Waals surface area contributed by atoms with Crippen molar-refractivity contribution in [3.8, 4) is 11.5 Å². The Morgan fingerprint density at radius 1 is 1.07 bits per heavy atom. The topological polar surface area (TPSA) is 84.9 Å². The van der Waals surface area contributed by atoms with Crippen LogP contribution in [0.1, 0.15) is 18.4 Å². The van der Waals surface area contributed by atoms with Crippen LogP contribution < -0.4 is 14.8 Å². The van der Waals surface area contributed by atoms with Gasteiger partial charge in [0, 0.05) is 37.0 Å². The molecule has 0 aromatic heterocycles. The highest BCUT2D eigenvalue weighted by Crippen LogP contribution is 2.28. The first-order valence-corrected chi connectivity index (χ1v) is 10.9. The third-order valence-electron chi connectivity index (χ3n) is 5.03. The number of methoxy groups -OCH3 is 2. The van der Waals surface area contributed by atoms with Crippen LogP contribution in [0.3, 0.4) is 0 Å². The largest absolute Gasteiger partial charge is 0.497 e. The van der Waals surface area contributed by atoms with Crippen molar-refractivity contribution < 1.29 is 22.7 Å². The smallest absolute Gasteiger partial charge is 0.243 e. The summed E-state index contributed by atoms with van der Waals surface area (Å²) in [5.41, 5.74) is 1.54. The molecule has 0 spiro atoms. The number of hydrogen-bond donors (Lipinski definition) is 1. The van der Waals surface area contributed by atoms with E-state index in [2.05, 4.69) is 5.32 Å². The molecule has 0 saturated carbocycles. The molecule has 0 bridgehead atoms. The van der Waals surface area contributed by atoms with E-state index in [1.807, 2.05) is 6.92 Å². The summed E-state index contributed by atoms with van der Waals surface area (Å²) < 4.78 is 37.8. The van der Waals surface area contributed by atoms with E-state index in [9.17, 15) is 13.2 Å². The minimum atomic E-state index is -3.63. The molecule has 1 aliphatic rings. The maximum atomic E-state index is 13.0. The summed E-state index contributed by atoms with van der Waals surface area (Å²) in [6, 6.07) is 11.9. The van der Waals surface area contributed by atoms with E-state index >= 15 is 0 Å². The zero-order valence-electron chi connectivity index (χ0n) is 16.8. The van der Waals surface area contributed by atoms with Gasteiger partial charge >= 0.3 is 0 Å². The first kappa shape index (κ1) is 21.1. The average molecular weight is 419 g/mol. The quantitative estimate of drug-likeness (QED) is 0.779. The highest BCUT2D eigenvalue weighted by atomic mass is 32.2. The van der Waals surface area contributed by atoms with Crippen LogP contribution >= 0.6 is 0 Å². The zero-order valence-corrected chi connectivity index (χ0v) is 17.7. The number of ether oxygens (including phenoxy) is 2. The van der Waals surface area contributed by atoms with Gasteiger partial charge in [0.25, 0.3) is 0 Å². The molecule has 1 amide bonds. The Bertz CT molecular complexity index is 951. The number of hydrogen-bond acceptors (Lipinski definition) is 5. The van der Waals surface area contributed by atoms with Crippen LogP contribution in [0.4, 0.5) is 5.69 Å². The maximum Gasteiger partial charge on any atom is 0.243 e. The third kappa shape index (κ3) is 4.89. The number of benzene rings is 2. The normalized spacial score (nSPS) is 17.6. The van der Waals surface area contributed by atoms with Gasteiger partial charge in [-0.2, -0.15) is 4.31 Å². The molecule has 1 N–H and O–H groups in total. The van der Waals surface area contributed by atoms with E-state index in [4.69, 9.17) is 9.47 Å². The number of piperidine rings is 1. The van der Waals surface area contributed by atoms with E-state index in [-0.39, 0.29) is 17.3 Å². The molecular weight excluding hydrogens is 392 g/mol. The van der Waals surface area contributed by atoms with Gasteiger partial charge in [0.05, 0.1) is 25.0 Å². The molecule has 1 aliphatic heterocycles. The standard InChI is InChI=1S/C21H26N2O5S/c1-15-6-8-20(9-7-15)29(25,26)23-10-4-5-16(14-23)21(24)22-17-11-18(27-2)13-19(12-17)28-3/h6-9,11-13,16H,4-5,10,14H2,1-3H3,(H,22,24)/t16-/m0/s1. The van der Waals surface area contributed by atoms with Crippen LogP contribution in [-0.2, 0) is 14.8 Å². The van der Waals surface area contributed by atoms with Crippen LogP contribution in [0.15, 0.2) is 47.4 Å². The van der Waals surface area contributed by atoms with Crippen LogP contribution in [0.2, 0.25) is 0 Å². The lowest BCUT2D eigenvalue weighted by molar-refractivity contribution is -0.120. The molecule has 29 heavy (non-hydrogen) atoms. The lowest BCUT2D eigenvalue weighted by atomic mass is 9.98. The van der Waals surface area contributed by atoms with E-state index in [0.29, 0.717) is 36.6 Å². The number of sulfonamides is 1. The number of rotatable bonds is 6. The molecule has 7 nitrogen and oxygen atoms in total. The number of carbonyl (C=O) groups is 1. The Morgan fingerprint density at radius 2 is 1.69 bits per heavy atom. The Labute approximate surface area is 171 Å². The average Bonchev–Trinajstić information content (AvgIpc) is 2.73. The van der Waals surface area contributed by atoms with Gasteiger partial charge in [-0.1, -0.05) is 17.7 Å². The molecule has 3 rings (SSSR count). The first-order valence-electron chi connectivity index (χ1n) is 9.44. The molecule has 2 aromatic carbocycles. The molecule has 8 heteroatoms. The SMILES string of the molecule is COc1cc(NC(=O)[C@H]2CCCN(S(=O)(=O)c3ccc(C)cc3)C2)cc(OC)c1. The summed E-state index contributed by atoms with van der Waals surface area (Å²) in [7, 11) is -0.552. The third-order valence-corrected chi connectivity index (χ3v) is 6.91. The summed E-state index contributed by atoms with van der Waals surface area (Å²) in [5, 5.41) is 2.86. The molecule has 1 fully saturated rings. The van der Waals surface area contributed by atoms with Crippen molar-refractivity contribution >= 4 is 21.6 Å². The Balaban J connectivity index is 1.73. The van der Waals surface area contributed by atoms with Gasteiger partial charge in [0.1, 0.15) is 11.5 Å². The van der Waals surface area contributed by atoms with Crippen molar-refractivity contribution in [3.63, 3.8) is 0 Å². The lowest BCUT2D eigenvalue weighted by Gasteiger charge is -2.31. The van der Waals surface area contributed by atoms with E-state index in [0.717, 1.165) is 5.56 Å². The summed E-state index contributed by atoms with van der Waals surface area (Å²) in [4.78, 5) is 13.1. The van der Waals surface area contributed by atoms with Gasteiger partial charge in [-0.25, -0.2) is 8.42 Å². The molecular formula is C21H26N2O5S. The minimum absolute atomic E-state index is 0.156. The minimum Gasteiger partial charge on any atom is -0.497 e. The highest BCUT2D eigenvalue weighted by molar-refractivity contribution is 7.89. The molecule has 1 heterocycles. The molecule has 1 atom stereocenters. The van der Waals surface area contributed by atoms with Gasteiger partial charge in [0.2, 0.25) is 15.9 Å². The number of carbonyl (C=O) groups excluding carboxylic acids is 1. The Morgan fingerprint density at radius 3 is 2.28 bits per heavy atom. The summed E-state index contributed by atoms with van der Waals surface area (Å²) >= 11 is 0. The van der Waals surface area contributed by atoms with E-state index < -0.39 is 15.9 Å². The van der Waals surface area contributed by atoms with E-state index in [1.165, 1.54) is 18.5 Å². The first-order chi connectivity index (χ1) is 13.8. The van der Waals surface area contributed by atoms with Crippen molar-refractivity contribution in [2.75, 3.05) is 32.6 Å². The van der Waals surface area contributed by atoms with Crippen molar-refractivity contribution in [2.24, 2.45) is 5.92 Å². The molecule has 1 saturated heterocycles. The van der Waals surface area contributed by atoms with Crippen LogP contribution in [0.25, 0.3) is 0 Å². The predicted molar refractivity (Wildman–Crippen MR) is 111 cm³/mol.